The SMILES string of the molecule is CP(O)OC1CCCC1. The van der Waals surface area contributed by atoms with E-state index in [0.717, 1.165) is 12.8 Å². The van der Waals surface area contributed by atoms with E-state index in [9.17, 15) is 0 Å². The van der Waals surface area contributed by atoms with Crippen LogP contribution in [0.5, 0.6) is 0 Å². The third-order valence-electron chi connectivity index (χ3n) is 1.60. The molecule has 0 aromatic carbocycles. The summed E-state index contributed by atoms with van der Waals surface area (Å²) >= 11 is 0. The van der Waals surface area contributed by atoms with Crippen molar-refractivity contribution in [3.63, 3.8) is 0 Å². The molecule has 0 saturated heterocycles. The molecule has 54 valence electrons. The average molecular weight is 148 g/mol. The van der Waals surface area contributed by atoms with E-state index in [1.165, 1.54) is 12.8 Å². The molecular formula is C6H13O2P. The van der Waals surface area contributed by atoms with Gasteiger partial charge in [0.15, 0.2) is 8.38 Å². The zero-order valence-electron chi connectivity index (χ0n) is 5.71. The lowest BCUT2D eigenvalue weighted by atomic mass is 10.3. The summed E-state index contributed by atoms with van der Waals surface area (Å²) < 4.78 is 5.23. The third kappa shape index (κ3) is 2.61. The number of hydrogen-bond donors (Lipinski definition) is 1. The Morgan fingerprint density at radius 1 is 1.44 bits per heavy atom. The zero-order chi connectivity index (χ0) is 6.69. The molecule has 0 radical (unpaired) electrons. The molecule has 1 saturated carbocycles. The summed E-state index contributed by atoms with van der Waals surface area (Å²) in [5.74, 6) is 0. The Balaban J connectivity index is 2.11. The van der Waals surface area contributed by atoms with E-state index < -0.39 is 8.38 Å². The van der Waals surface area contributed by atoms with Gasteiger partial charge < -0.3 is 9.42 Å². The molecule has 0 heterocycles. The van der Waals surface area contributed by atoms with Gasteiger partial charge in [0.1, 0.15) is 0 Å². The van der Waals surface area contributed by atoms with Crippen LogP contribution in [0.25, 0.3) is 0 Å². The maximum atomic E-state index is 8.86. The van der Waals surface area contributed by atoms with Crippen LogP contribution < -0.4 is 0 Å². The maximum absolute atomic E-state index is 8.86. The molecule has 1 fully saturated rings. The van der Waals surface area contributed by atoms with Crippen LogP contribution in [0.4, 0.5) is 0 Å². The molecule has 1 aliphatic carbocycles. The van der Waals surface area contributed by atoms with Gasteiger partial charge in [0.25, 0.3) is 0 Å². The molecule has 1 atom stereocenters. The molecule has 1 rings (SSSR count). The topological polar surface area (TPSA) is 29.5 Å². The standard InChI is InChI=1S/C6H13O2P/c1-9(7)8-6-4-2-3-5-6/h6-7H,2-5H2,1H3. The fourth-order valence-electron chi connectivity index (χ4n) is 1.21. The fraction of sp³-hybridized carbons (Fsp3) is 1.00. The molecule has 0 aromatic rings. The van der Waals surface area contributed by atoms with Crippen LogP contribution in [0, 0.1) is 0 Å². The van der Waals surface area contributed by atoms with Crippen LogP contribution in [0.1, 0.15) is 25.7 Å². The molecule has 9 heavy (non-hydrogen) atoms. The lowest BCUT2D eigenvalue weighted by Gasteiger charge is -2.11. The largest absolute Gasteiger partial charge is 0.350 e. The Bertz CT molecular complexity index is 79.1. The van der Waals surface area contributed by atoms with Crippen LogP contribution in [-0.4, -0.2) is 17.7 Å². The Hall–Kier alpha value is 0.350. The summed E-state index contributed by atoms with van der Waals surface area (Å²) in [5.41, 5.74) is 0. The van der Waals surface area contributed by atoms with Crippen molar-refractivity contribution in [1.29, 1.82) is 0 Å². The highest BCUT2D eigenvalue weighted by atomic mass is 31.2. The van der Waals surface area contributed by atoms with Crippen molar-refractivity contribution in [1.82, 2.24) is 0 Å². The molecule has 0 spiro atoms. The normalized spacial score (nSPS) is 24.7. The summed E-state index contributed by atoms with van der Waals surface area (Å²) in [6, 6.07) is 0. The summed E-state index contributed by atoms with van der Waals surface area (Å²) in [6.45, 7) is 1.73. The van der Waals surface area contributed by atoms with Gasteiger partial charge in [-0.2, -0.15) is 0 Å². The van der Waals surface area contributed by atoms with Gasteiger partial charge in [-0.05, 0) is 12.8 Å². The van der Waals surface area contributed by atoms with E-state index in [-0.39, 0.29) is 0 Å². The Morgan fingerprint density at radius 2 is 2.00 bits per heavy atom. The lowest BCUT2D eigenvalue weighted by molar-refractivity contribution is 0.212. The molecule has 3 heteroatoms. The van der Waals surface area contributed by atoms with Crippen molar-refractivity contribution >= 4 is 8.38 Å². The summed E-state index contributed by atoms with van der Waals surface area (Å²) in [4.78, 5) is 8.86. The quantitative estimate of drug-likeness (QED) is 0.606. The van der Waals surface area contributed by atoms with Gasteiger partial charge >= 0.3 is 0 Å². The van der Waals surface area contributed by atoms with E-state index in [4.69, 9.17) is 9.42 Å². The minimum atomic E-state index is -1.11. The molecule has 1 N–H and O–H groups in total. The smallest absolute Gasteiger partial charge is 0.164 e. The van der Waals surface area contributed by atoms with Gasteiger partial charge in [-0.15, -0.1) is 0 Å². The monoisotopic (exact) mass is 148 g/mol. The first-order valence-electron chi connectivity index (χ1n) is 3.38. The first kappa shape index (κ1) is 7.46. The van der Waals surface area contributed by atoms with Crippen LogP contribution in [-0.2, 0) is 4.52 Å². The first-order valence-corrected chi connectivity index (χ1v) is 5.04. The van der Waals surface area contributed by atoms with Crippen molar-refractivity contribution in [2.24, 2.45) is 0 Å². The summed E-state index contributed by atoms with van der Waals surface area (Å²) in [6.07, 6.45) is 5.20. The zero-order valence-corrected chi connectivity index (χ0v) is 6.60. The van der Waals surface area contributed by atoms with E-state index in [2.05, 4.69) is 0 Å². The maximum Gasteiger partial charge on any atom is 0.164 e. The predicted molar refractivity (Wildman–Crippen MR) is 38.4 cm³/mol. The van der Waals surface area contributed by atoms with Crippen molar-refractivity contribution in [3.05, 3.63) is 0 Å². The average Bonchev–Trinajstić information content (AvgIpc) is 2.15. The molecule has 1 aliphatic rings. The van der Waals surface area contributed by atoms with Gasteiger partial charge in [-0.25, -0.2) is 0 Å². The molecule has 2 nitrogen and oxygen atoms in total. The van der Waals surface area contributed by atoms with Crippen molar-refractivity contribution < 1.29 is 9.42 Å². The number of rotatable bonds is 2. The van der Waals surface area contributed by atoms with E-state index in [0.29, 0.717) is 6.10 Å². The van der Waals surface area contributed by atoms with E-state index >= 15 is 0 Å². The van der Waals surface area contributed by atoms with E-state index in [1.807, 2.05) is 0 Å². The predicted octanol–water partition coefficient (Wildman–Crippen LogP) is 1.88. The molecular weight excluding hydrogens is 135 g/mol. The highest BCUT2D eigenvalue weighted by Gasteiger charge is 2.16. The number of hydrogen-bond acceptors (Lipinski definition) is 2. The van der Waals surface area contributed by atoms with Crippen LogP contribution in [0.2, 0.25) is 0 Å². The summed E-state index contributed by atoms with van der Waals surface area (Å²) in [5, 5.41) is 0. The third-order valence-corrected chi connectivity index (χ3v) is 2.21. The molecule has 0 amide bonds. The second-order valence-electron chi connectivity index (χ2n) is 2.48. The Morgan fingerprint density at radius 3 is 2.44 bits per heavy atom. The molecule has 0 aliphatic heterocycles. The minimum Gasteiger partial charge on any atom is -0.350 e. The highest BCUT2D eigenvalue weighted by Crippen LogP contribution is 2.34. The second-order valence-corrected chi connectivity index (χ2v) is 3.62. The van der Waals surface area contributed by atoms with Crippen LogP contribution in [0.3, 0.4) is 0 Å². The van der Waals surface area contributed by atoms with Gasteiger partial charge in [-0.3, -0.25) is 0 Å². The van der Waals surface area contributed by atoms with Gasteiger partial charge in [-0.1, -0.05) is 12.8 Å². The minimum absolute atomic E-state index is 0.367. The Kier molecular flexibility index (Phi) is 2.90. The lowest BCUT2D eigenvalue weighted by Crippen LogP contribution is -2.02. The Labute approximate surface area is 57.1 Å². The molecule has 1 unspecified atom stereocenters. The van der Waals surface area contributed by atoms with Crippen LogP contribution >= 0.6 is 8.38 Å². The van der Waals surface area contributed by atoms with Crippen molar-refractivity contribution in [2.45, 2.75) is 31.8 Å². The fourth-order valence-corrected chi connectivity index (χ4v) is 1.85. The van der Waals surface area contributed by atoms with Gasteiger partial charge in [0.2, 0.25) is 0 Å². The van der Waals surface area contributed by atoms with E-state index in [1.54, 1.807) is 6.66 Å². The molecule has 0 bridgehead atoms. The highest BCUT2D eigenvalue weighted by molar-refractivity contribution is 7.45. The van der Waals surface area contributed by atoms with Gasteiger partial charge in [0, 0.05) is 6.66 Å². The summed E-state index contributed by atoms with van der Waals surface area (Å²) in [7, 11) is -1.11. The van der Waals surface area contributed by atoms with Gasteiger partial charge in [0.05, 0.1) is 6.10 Å². The first-order chi connectivity index (χ1) is 4.29. The van der Waals surface area contributed by atoms with Crippen molar-refractivity contribution in [2.75, 3.05) is 6.66 Å². The molecule has 0 aromatic heterocycles. The van der Waals surface area contributed by atoms with Crippen LogP contribution in [0.15, 0.2) is 0 Å². The van der Waals surface area contributed by atoms with Crippen molar-refractivity contribution in [3.8, 4) is 0 Å². The second kappa shape index (κ2) is 3.50.